The highest BCUT2D eigenvalue weighted by Gasteiger charge is 2.28. The number of aryl methyl sites for hydroxylation is 1. The first kappa shape index (κ1) is 20.5. The van der Waals surface area contributed by atoms with Gasteiger partial charge < -0.3 is 5.32 Å². The van der Waals surface area contributed by atoms with Gasteiger partial charge in [-0.15, -0.1) is 0 Å². The Balaban J connectivity index is 1.97. The van der Waals surface area contributed by atoms with Crippen molar-refractivity contribution in [1.82, 2.24) is 0 Å². The maximum absolute atomic E-state index is 13.3. The summed E-state index contributed by atoms with van der Waals surface area (Å²) >= 11 is 0. The van der Waals surface area contributed by atoms with E-state index in [-0.39, 0.29) is 4.90 Å². The van der Waals surface area contributed by atoms with Crippen molar-refractivity contribution in [2.75, 3.05) is 16.2 Å². The van der Waals surface area contributed by atoms with Crippen LogP contribution in [0.15, 0.2) is 83.8 Å². The fraction of sp³-hybridized carbons (Fsp3) is 0.136. The second-order valence-corrected chi connectivity index (χ2v) is 8.22. The highest BCUT2D eigenvalue weighted by Crippen LogP contribution is 2.27. The smallest absolute Gasteiger partial charge is 0.264 e. The topological polar surface area (TPSA) is 66.5 Å². The van der Waals surface area contributed by atoms with Crippen LogP contribution in [0.3, 0.4) is 0 Å². The molecule has 3 aromatic carbocycles. The van der Waals surface area contributed by atoms with Crippen LogP contribution in [-0.2, 0) is 21.2 Å². The SMILES string of the molecule is CCc1ccccc1N(CC(=O)Nc1ccc(F)cc1)S(=O)(=O)c1ccccc1. The summed E-state index contributed by atoms with van der Waals surface area (Å²) in [5.74, 6) is -0.949. The maximum Gasteiger partial charge on any atom is 0.264 e. The number of carbonyl (C=O) groups is 1. The van der Waals surface area contributed by atoms with E-state index in [9.17, 15) is 17.6 Å². The van der Waals surface area contributed by atoms with Gasteiger partial charge in [0.05, 0.1) is 10.6 Å². The third-order valence-electron chi connectivity index (χ3n) is 4.39. The van der Waals surface area contributed by atoms with Gasteiger partial charge in [-0.2, -0.15) is 0 Å². The molecule has 0 radical (unpaired) electrons. The van der Waals surface area contributed by atoms with Crippen LogP contribution in [0.5, 0.6) is 0 Å². The fourth-order valence-electron chi connectivity index (χ4n) is 2.94. The molecule has 7 heteroatoms. The summed E-state index contributed by atoms with van der Waals surface area (Å²) in [6, 6.07) is 20.4. The van der Waals surface area contributed by atoms with Crippen LogP contribution in [0, 0.1) is 5.82 Å². The molecule has 150 valence electrons. The molecular weight excluding hydrogens is 391 g/mol. The number of sulfonamides is 1. The zero-order chi connectivity index (χ0) is 20.9. The number of hydrogen-bond acceptors (Lipinski definition) is 3. The first-order chi connectivity index (χ1) is 13.9. The van der Waals surface area contributed by atoms with E-state index >= 15 is 0 Å². The van der Waals surface area contributed by atoms with E-state index in [1.807, 2.05) is 19.1 Å². The van der Waals surface area contributed by atoms with Crippen LogP contribution in [0.25, 0.3) is 0 Å². The van der Waals surface area contributed by atoms with Crippen LogP contribution in [-0.4, -0.2) is 20.9 Å². The first-order valence-corrected chi connectivity index (χ1v) is 10.6. The number of carbonyl (C=O) groups excluding carboxylic acids is 1. The molecule has 3 aromatic rings. The Morgan fingerprint density at radius 1 is 0.931 bits per heavy atom. The molecule has 0 aliphatic carbocycles. The van der Waals surface area contributed by atoms with Gasteiger partial charge in [0, 0.05) is 5.69 Å². The van der Waals surface area contributed by atoms with Crippen molar-refractivity contribution in [2.45, 2.75) is 18.2 Å². The molecule has 5 nitrogen and oxygen atoms in total. The van der Waals surface area contributed by atoms with E-state index < -0.39 is 28.3 Å². The van der Waals surface area contributed by atoms with Crippen LogP contribution < -0.4 is 9.62 Å². The van der Waals surface area contributed by atoms with Crippen molar-refractivity contribution in [3.05, 3.63) is 90.2 Å². The summed E-state index contributed by atoms with van der Waals surface area (Å²) in [7, 11) is -3.97. The van der Waals surface area contributed by atoms with Crippen molar-refractivity contribution in [2.24, 2.45) is 0 Å². The lowest BCUT2D eigenvalue weighted by Crippen LogP contribution is -2.38. The van der Waals surface area contributed by atoms with Crippen molar-refractivity contribution in [3.63, 3.8) is 0 Å². The van der Waals surface area contributed by atoms with Gasteiger partial charge in [0.15, 0.2) is 0 Å². The average molecular weight is 412 g/mol. The Morgan fingerprint density at radius 3 is 2.21 bits per heavy atom. The summed E-state index contributed by atoms with van der Waals surface area (Å²) < 4.78 is 40.9. The predicted molar refractivity (Wildman–Crippen MR) is 112 cm³/mol. The van der Waals surface area contributed by atoms with Crippen LogP contribution >= 0.6 is 0 Å². The molecule has 0 aromatic heterocycles. The number of benzene rings is 3. The number of amides is 1. The Kier molecular flexibility index (Phi) is 6.29. The lowest BCUT2D eigenvalue weighted by atomic mass is 10.1. The fourth-order valence-corrected chi connectivity index (χ4v) is 4.42. The standard InChI is InChI=1S/C22H21FN2O3S/c1-2-17-8-6-7-11-21(17)25(29(27,28)20-9-4-3-5-10-20)16-22(26)24-19-14-12-18(23)13-15-19/h3-15H,2,16H2,1H3,(H,24,26). The number of anilines is 2. The molecule has 0 saturated carbocycles. The minimum Gasteiger partial charge on any atom is -0.325 e. The Labute approximate surface area is 169 Å². The zero-order valence-corrected chi connectivity index (χ0v) is 16.7. The van der Waals surface area contributed by atoms with Gasteiger partial charge in [0.25, 0.3) is 10.0 Å². The molecular formula is C22H21FN2O3S. The van der Waals surface area contributed by atoms with Crippen LogP contribution in [0.4, 0.5) is 15.8 Å². The van der Waals surface area contributed by atoms with Crippen LogP contribution in [0.2, 0.25) is 0 Å². The lowest BCUT2D eigenvalue weighted by Gasteiger charge is -2.26. The first-order valence-electron chi connectivity index (χ1n) is 9.13. The molecule has 0 atom stereocenters. The number of hydrogen-bond donors (Lipinski definition) is 1. The molecule has 0 bridgehead atoms. The molecule has 1 N–H and O–H groups in total. The van der Waals surface area contributed by atoms with Gasteiger partial charge in [-0.05, 0) is 54.4 Å². The molecule has 0 fully saturated rings. The molecule has 0 heterocycles. The number of nitrogens with zero attached hydrogens (tertiary/aromatic N) is 1. The maximum atomic E-state index is 13.3. The van der Waals surface area contributed by atoms with Gasteiger partial charge in [-0.1, -0.05) is 43.3 Å². The third-order valence-corrected chi connectivity index (χ3v) is 6.16. The minimum atomic E-state index is -3.97. The second kappa shape index (κ2) is 8.87. The summed E-state index contributed by atoms with van der Waals surface area (Å²) in [5.41, 5.74) is 1.65. The monoisotopic (exact) mass is 412 g/mol. The van der Waals surface area contributed by atoms with Crippen molar-refractivity contribution in [1.29, 1.82) is 0 Å². The number of halogens is 1. The quantitative estimate of drug-likeness (QED) is 0.632. The Hall–Kier alpha value is -3.19. The van der Waals surface area contributed by atoms with E-state index in [4.69, 9.17) is 0 Å². The summed E-state index contributed by atoms with van der Waals surface area (Å²) in [5, 5.41) is 2.62. The molecule has 0 saturated heterocycles. The van der Waals surface area contributed by atoms with Crippen LogP contribution in [0.1, 0.15) is 12.5 Å². The predicted octanol–water partition coefficient (Wildman–Crippen LogP) is 4.22. The number of rotatable bonds is 7. The normalized spacial score (nSPS) is 11.1. The van der Waals surface area contributed by atoms with Gasteiger partial charge in [0.2, 0.25) is 5.91 Å². The third kappa shape index (κ3) is 4.81. The molecule has 0 spiro atoms. The highest BCUT2D eigenvalue weighted by atomic mass is 32.2. The molecule has 0 aliphatic rings. The van der Waals surface area contributed by atoms with E-state index in [0.29, 0.717) is 17.8 Å². The molecule has 1 amide bonds. The molecule has 0 aliphatic heterocycles. The van der Waals surface area contributed by atoms with Gasteiger partial charge in [-0.25, -0.2) is 12.8 Å². The summed E-state index contributed by atoms with van der Waals surface area (Å²) in [6.45, 7) is 1.51. The van der Waals surface area contributed by atoms with Gasteiger partial charge in [-0.3, -0.25) is 9.10 Å². The Bertz CT molecular complexity index is 1080. The molecule has 0 unspecified atom stereocenters. The van der Waals surface area contributed by atoms with Crippen molar-refractivity contribution in [3.8, 4) is 0 Å². The summed E-state index contributed by atoms with van der Waals surface area (Å²) in [6.07, 6.45) is 0.608. The second-order valence-electron chi connectivity index (χ2n) is 6.36. The molecule has 3 rings (SSSR count). The van der Waals surface area contributed by atoms with E-state index in [0.717, 1.165) is 9.87 Å². The average Bonchev–Trinajstić information content (AvgIpc) is 2.74. The van der Waals surface area contributed by atoms with Crippen molar-refractivity contribution < 1.29 is 17.6 Å². The van der Waals surface area contributed by atoms with Gasteiger partial charge in [0.1, 0.15) is 12.4 Å². The van der Waals surface area contributed by atoms with E-state index in [2.05, 4.69) is 5.32 Å². The number of para-hydroxylation sites is 1. The lowest BCUT2D eigenvalue weighted by molar-refractivity contribution is -0.114. The van der Waals surface area contributed by atoms with Gasteiger partial charge >= 0.3 is 0 Å². The molecule has 29 heavy (non-hydrogen) atoms. The minimum absolute atomic E-state index is 0.0977. The zero-order valence-electron chi connectivity index (χ0n) is 15.9. The van der Waals surface area contributed by atoms with Crippen molar-refractivity contribution >= 4 is 27.3 Å². The van der Waals surface area contributed by atoms with E-state index in [1.54, 1.807) is 30.3 Å². The number of nitrogens with one attached hydrogen (secondary N) is 1. The summed E-state index contributed by atoms with van der Waals surface area (Å²) in [4.78, 5) is 12.7. The Morgan fingerprint density at radius 2 is 1.55 bits per heavy atom. The van der Waals surface area contributed by atoms with E-state index in [1.165, 1.54) is 36.4 Å². The highest BCUT2D eigenvalue weighted by molar-refractivity contribution is 7.92. The largest absolute Gasteiger partial charge is 0.325 e.